The Morgan fingerprint density at radius 2 is 1.70 bits per heavy atom. The van der Waals surface area contributed by atoms with E-state index in [-0.39, 0.29) is 30.5 Å². The number of hydrogen-bond acceptors (Lipinski definition) is 4. The van der Waals surface area contributed by atoms with Gasteiger partial charge < -0.3 is 9.64 Å². The summed E-state index contributed by atoms with van der Waals surface area (Å²) in [6.45, 7) is 3.32. The molecular formula is C20H24N2O4S. The zero-order chi connectivity index (χ0) is 19.3. The van der Waals surface area contributed by atoms with Crippen LogP contribution in [0.3, 0.4) is 0 Å². The number of hydrogen-bond donors (Lipinski definition) is 0. The summed E-state index contributed by atoms with van der Waals surface area (Å²) in [6.07, 6.45) is 0.906. The van der Waals surface area contributed by atoms with Crippen molar-refractivity contribution in [2.75, 3.05) is 32.8 Å². The first-order valence-electron chi connectivity index (χ1n) is 9.05. The summed E-state index contributed by atoms with van der Waals surface area (Å²) in [7, 11) is -3.51. The van der Waals surface area contributed by atoms with Crippen LogP contribution in [0.5, 0.6) is 5.75 Å². The monoisotopic (exact) mass is 388 g/mol. The molecule has 0 atom stereocenters. The van der Waals surface area contributed by atoms with Crippen molar-refractivity contribution in [2.24, 2.45) is 0 Å². The van der Waals surface area contributed by atoms with E-state index >= 15 is 0 Å². The third kappa shape index (κ3) is 4.67. The summed E-state index contributed by atoms with van der Waals surface area (Å²) >= 11 is 0. The van der Waals surface area contributed by atoms with Gasteiger partial charge in [-0.1, -0.05) is 37.3 Å². The molecule has 1 heterocycles. The highest BCUT2D eigenvalue weighted by Gasteiger charge is 2.30. The molecule has 27 heavy (non-hydrogen) atoms. The second-order valence-corrected chi connectivity index (χ2v) is 8.33. The molecule has 1 amide bonds. The van der Waals surface area contributed by atoms with Crippen molar-refractivity contribution in [1.82, 2.24) is 9.21 Å². The molecule has 0 unspecified atom stereocenters. The molecule has 0 radical (unpaired) electrons. The summed E-state index contributed by atoms with van der Waals surface area (Å²) in [5, 5.41) is 0. The van der Waals surface area contributed by atoms with Gasteiger partial charge >= 0.3 is 0 Å². The second kappa shape index (κ2) is 8.54. The number of sulfonamides is 1. The van der Waals surface area contributed by atoms with E-state index in [9.17, 15) is 13.2 Å². The Balaban J connectivity index is 1.53. The summed E-state index contributed by atoms with van der Waals surface area (Å²) in [5.74, 6) is 0.543. The molecule has 0 bridgehead atoms. The van der Waals surface area contributed by atoms with Crippen LogP contribution in [0.15, 0.2) is 59.5 Å². The predicted octanol–water partition coefficient (Wildman–Crippen LogP) is 2.16. The average Bonchev–Trinajstić information content (AvgIpc) is 2.73. The van der Waals surface area contributed by atoms with Crippen LogP contribution >= 0.6 is 0 Å². The zero-order valence-electron chi connectivity index (χ0n) is 15.4. The molecule has 1 saturated heterocycles. The van der Waals surface area contributed by atoms with Gasteiger partial charge in [0.05, 0.1) is 4.90 Å². The Labute approximate surface area is 160 Å². The van der Waals surface area contributed by atoms with Crippen LogP contribution in [0.2, 0.25) is 0 Å². The molecule has 0 aliphatic carbocycles. The van der Waals surface area contributed by atoms with E-state index in [1.165, 1.54) is 4.31 Å². The molecule has 6 nitrogen and oxygen atoms in total. The Morgan fingerprint density at radius 1 is 1.00 bits per heavy atom. The average molecular weight is 388 g/mol. The first-order valence-corrected chi connectivity index (χ1v) is 10.5. The molecule has 1 fully saturated rings. The van der Waals surface area contributed by atoms with Crippen LogP contribution in [-0.2, 0) is 21.2 Å². The van der Waals surface area contributed by atoms with Gasteiger partial charge in [0.1, 0.15) is 5.75 Å². The normalized spacial score (nSPS) is 15.5. The Kier molecular flexibility index (Phi) is 6.13. The molecule has 144 valence electrons. The van der Waals surface area contributed by atoms with Gasteiger partial charge in [-0.25, -0.2) is 8.42 Å². The Morgan fingerprint density at radius 3 is 2.37 bits per heavy atom. The zero-order valence-corrected chi connectivity index (χ0v) is 16.2. The van der Waals surface area contributed by atoms with E-state index in [4.69, 9.17) is 4.74 Å². The molecule has 0 spiro atoms. The van der Waals surface area contributed by atoms with Crippen molar-refractivity contribution < 1.29 is 17.9 Å². The predicted molar refractivity (Wildman–Crippen MR) is 103 cm³/mol. The second-order valence-electron chi connectivity index (χ2n) is 6.39. The third-order valence-electron chi connectivity index (χ3n) is 4.64. The number of aryl methyl sites for hydroxylation is 1. The SMILES string of the molecule is CCc1cccc(OCC(=O)N2CCN(S(=O)(=O)c3ccccc3)CC2)c1. The van der Waals surface area contributed by atoms with Gasteiger partial charge in [-0.15, -0.1) is 0 Å². The number of carbonyl (C=O) groups excluding carboxylic acids is 1. The van der Waals surface area contributed by atoms with Crippen molar-refractivity contribution in [2.45, 2.75) is 18.2 Å². The number of amides is 1. The first-order chi connectivity index (χ1) is 13.0. The number of piperazine rings is 1. The number of rotatable bonds is 6. The lowest BCUT2D eigenvalue weighted by atomic mass is 10.2. The quantitative estimate of drug-likeness (QED) is 0.761. The van der Waals surface area contributed by atoms with E-state index in [0.717, 1.165) is 12.0 Å². The lowest BCUT2D eigenvalue weighted by Gasteiger charge is -2.34. The van der Waals surface area contributed by atoms with Crippen LogP contribution < -0.4 is 4.74 Å². The number of benzene rings is 2. The minimum atomic E-state index is -3.51. The maximum absolute atomic E-state index is 12.6. The van der Waals surface area contributed by atoms with Crippen LogP contribution in [0.1, 0.15) is 12.5 Å². The molecule has 0 saturated carbocycles. The Hall–Kier alpha value is -2.38. The van der Waals surface area contributed by atoms with Gasteiger partial charge in [-0.05, 0) is 36.2 Å². The molecule has 2 aromatic carbocycles. The summed E-state index contributed by atoms with van der Waals surface area (Å²) < 4.78 is 32.3. The van der Waals surface area contributed by atoms with Crippen LogP contribution in [0, 0.1) is 0 Å². The van der Waals surface area contributed by atoms with Crippen LogP contribution in [0.4, 0.5) is 0 Å². The smallest absolute Gasteiger partial charge is 0.260 e. The van der Waals surface area contributed by atoms with Gasteiger partial charge in [0.25, 0.3) is 5.91 Å². The summed E-state index contributed by atoms with van der Waals surface area (Å²) in [6, 6.07) is 16.1. The lowest BCUT2D eigenvalue weighted by Crippen LogP contribution is -2.51. The maximum atomic E-state index is 12.6. The molecule has 0 aromatic heterocycles. The molecule has 7 heteroatoms. The van der Waals surface area contributed by atoms with Crippen molar-refractivity contribution in [3.63, 3.8) is 0 Å². The minimum absolute atomic E-state index is 0.0431. The lowest BCUT2D eigenvalue weighted by molar-refractivity contribution is -0.134. The van der Waals surface area contributed by atoms with Crippen LogP contribution in [-0.4, -0.2) is 56.3 Å². The third-order valence-corrected chi connectivity index (χ3v) is 6.55. The molecule has 0 N–H and O–H groups in total. The van der Waals surface area contributed by atoms with Gasteiger partial charge in [-0.3, -0.25) is 4.79 Å². The van der Waals surface area contributed by atoms with E-state index in [0.29, 0.717) is 18.8 Å². The molecule has 1 aliphatic rings. The van der Waals surface area contributed by atoms with Crippen molar-refractivity contribution in [3.05, 3.63) is 60.2 Å². The van der Waals surface area contributed by atoms with Crippen molar-refractivity contribution >= 4 is 15.9 Å². The van der Waals surface area contributed by atoms with Gasteiger partial charge in [0.15, 0.2) is 6.61 Å². The highest BCUT2D eigenvalue weighted by atomic mass is 32.2. The Bertz CT molecular complexity index is 876. The minimum Gasteiger partial charge on any atom is -0.484 e. The van der Waals surface area contributed by atoms with E-state index < -0.39 is 10.0 Å². The highest BCUT2D eigenvalue weighted by molar-refractivity contribution is 7.89. The van der Waals surface area contributed by atoms with Gasteiger partial charge in [-0.2, -0.15) is 4.31 Å². The van der Waals surface area contributed by atoms with E-state index in [1.807, 2.05) is 24.3 Å². The molecular weight excluding hydrogens is 364 g/mol. The van der Waals surface area contributed by atoms with Crippen molar-refractivity contribution in [1.29, 1.82) is 0 Å². The fourth-order valence-corrected chi connectivity index (χ4v) is 4.45. The summed E-state index contributed by atoms with van der Waals surface area (Å²) in [4.78, 5) is 14.3. The number of ether oxygens (including phenoxy) is 1. The number of nitrogens with zero attached hydrogens (tertiary/aromatic N) is 2. The molecule has 3 rings (SSSR count). The topological polar surface area (TPSA) is 66.9 Å². The van der Waals surface area contributed by atoms with E-state index in [1.54, 1.807) is 35.2 Å². The number of carbonyl (C=O) groups is 1. The standard InChI is InChI=1S/C20H24N2O4S/c1-2-17-7-6-8-18(15-17)26-16-20(23)21-11-13-22(14-12-21)27(24,25)19-9-4-3-5-10-19/h3-10,15H,2,11-14,16H2,1H3. The van der Waals surface area contributed by atoms with Gasteiger partial charge in [0, 0.05) is 26.2 Å². The molecule has 1 aliphatic heterocycles. The fraction of sp³-hybridized carbons (Fsp3) is 0.350. The maximum Gasteiger partial charge on any atom is 0.260 e. The first kappa shape index (κ1) is 19.4. The van der Waals surface area contributed by atoms with Crippen LogP contribution in [0.25, 0.3) is 0 Å². The summed E-state index contributed by atoms with van der Waals surface area (Å²) in [5.41, 5.74) is 1.15. The largest absolute Gasteiger partial charge is 0.484 e. The van der Waals surface area contributed by atoms with E-state index in [2.05, 4.69) is 6.92 Å². The fourth-order valence-electron chi connectivity index (χ4n) is 3.01. The van der Waals surface area contributed by atoms with Gasteiger partial charge in [0.2, 0.25) is 10.0 Å². The highest BCUT2D eigenvalue weighted by Crippen LogP contribution is 2.18. The van der Waals surface area contributed by atoms with Crippen molar-refractivity contribution in [3.8, 4) is 5.75 Å². The molecule has 2 aromatic rings.